The van der Waals surface area contributed by atoms with Crippen LogP contribution in [0.25, 0.3) is 0 Å². The third-order valence-electron chi connectivity index (χ3n) is 7.27. The molecule has 2 heterocycles. The highest BCUT2D eigenvalue weighted by Crippen LogP contribution is 2.34. The zero-order valence-electron chi connectivity index (χ0n) is 20.8. The van der Waals surface area contributed by atoms with Gasteiger partial charge in [-0.25, -0.2) is 9.59 Å². The van der Waals surface area contributed by atoms with Crippen LogP contribution in [0, 0.1) is 0 Å². The predicted molar refractivity (Wildman–Crippen MR) is 138 cm³/mol. The molecule has 0 bridgehead atoms. The molecule has 7 nitrogen and oxygen atoms in total. The number of likely N-dealkylation sites (tertiary alicyclic amines) is 2. The van der Waals surface area contributed by atoms with Gasteiger partial charge in [0.25, 0.3) is 0 Å². The van der Waals surface area contributed by atoms with Crippen molar-refractivity contribution >= 4 is 12.1 Å². The SMILES string of the molecule is C=CCOc1ccc(CN2CCCCC2COC(=O)N2CCCC2(Cc2ccccc2)C(=O)O)cc1. The number of aliphatic carboxylic acids is 1. The number of benzene rings is 2. The fourth-order valence-electron chi connectivity index (χ4n) is 5.34. The van der Waals surface area contributed by atoms with E-state index in [0.29, 0.717) is 26.0 Å². The van der Waals surface area contributed by atoms with Crippen molar-refractivity contribution in [2.45, 2.75) is 56.7 Å². The number of nitrogens with zero attached hydrogens (tertiary/aromatic N) is 2. The van der Waals surface area contributed by atoms with Crippen molar-refractivity contribution in [3.05, 3.63) is 78.4 Å². The van der Waals surface area contributed by atoms with Gasteiger partial charge in [-0.05, 0) is 55.5 Å². The Morgan fingerprint density at radius 1 is 1.03 bits per heavy atom. The van der Waals surface area contributed by atoms with Gasteiger partial charge in [0.2, 0.25) is 0 Å². The van der Waals surface area contributed by atoms with Crippen LogP contribution < -0.4 is 4.74 Å². The molecule has 0 radical (unpaired) electrons. The lowest BCUT2D eigenvalue weighted by molar-refractivity contribution is -0.149. The van der Waals surface area contributed by atoms with E-state index in [4.69, 9.17) is 9.47 Å². The summed E-state index contributed by atoms with van der Waals surface area (Å²) in [7, 11) is 0. The molecule has 1 amide bonds. The molecule has 192 valence electrons. The summed E-state index contributed by atoms with van der Waals surface area (Å²) in [5, 5.41) is 10.2. The number of amides is 1. The van der Waals surface area contributed by atoms with E-state index in [2.05, 4.69) is 23.6 Å². The molecule has 2 fully saturated rings. The summed E-state index contributed by atoms with van der Waals surface area (Å²) in [6.45, 7) is 6.51. The van der Waals surface area contributed by atoms with Crippen LogP contribution in [0.15, 0.2) is 67.3 Å². The number of hydrogen-bond donors (Lipinski definition) is 1. The summed E-state index contributed by atoms with van der Waals surface area (Å²) >= 11 is 0. The third-order valence-corrected chi connectivity index (χ3v) is 7.27. The molecule has 36 heavy (non-hydrogen) atoms. The van der Waals surface area contributed by atoms with Crippen LogP contribution >= 0.6 is 0 Å². The van der Waals surface area contributed by atoms with E-state index in [1.165, 1.54) is 10.5 Å². The molecule has 2 aliphatic rings. The lowest BCUT2D eigenvalue weighted by Crippen LogP contribution is -2.55. The molecular formula is C29H36N2O5. The quantitative estimate of drug-likeness (QED) is 0.475. The minimum absolute atomic E-state index is 0.107. The first-order valence-corrected chi connectivity index (χ1v) is 12.8. The minimum atomic E-state index is -1.26. The molecule has 2 saturated heterocycles. The standard InChI is InChI=1S/C29H36N2O5/c1-2-19-35-26-14-12-24(13-15-26)21-30-17-7-6-11-25(30)22-36-28(34)31-18-8-16-29(31,27(32)33)20-23-9-4-3-5-10-23/h2-5,9-10,12-15,25H,1,6-8,11,16-22H2,(H,32,33). The van der Waals surface area contributed by atoms with Crippen LogP contribution in [0.4, 0.5) is 4.79 Å². The highest BCUT2D eigenvalue weighted by Gasteiger charge is 2.50. The first-order valence-electron chi connectivity index (χ1n) is 12.8. The molecule has 2 aromatic rings. The van der Waals surface area contributed by atoms with Crippen LogP contribution in [-0.2, 0) is 22.5 Å². The van der Waals surface area contributed by atoms with Crippen LogP contribution in [0.5, 0.6) is 5.75 Å². The van der Waals surface area contributed by atoms with Gasteiger partial charge in [0.1, 0.15) is 24.5 Å². The maximum atomic E-state index is 13.2. The Labute approximate surface area is 213 Å². The van der Waals surface area contributed by atoms with E-state index in [9.17, 15) is 14.7 Å². The molecule has 0 aliphatic carbocycles. The van der Waals surface area contributed by atoms with Crippen molar-refractivity contribution < 1.29 is 24.2 Å². The number of hydrogen-bond acceptors (Lipinski definition) is 5. The largest absolute Gasteiger partial charge is 0.490 e. The second-order valence-corrected chi connectivity index (χ2v) is 9.69. The average molecular weight is 493 g/mol. The third kappa shape index (κ3) is 6.08. The first kappa shape index (κ1) is 25.8. The molecule has 0 saturated carbocycles. The topological polar surface area (TPSA) is 79.3 Å². The normalized spacial score (nSPS) is 22.2. The number of carbonyl (C=O) groups excluding carboxylic acids is 1. The summed E-state index contributed by atoms with van der Waals surface area (Å²) in [5.74, 6) is -0.161. The number of ether oxygens (including phenoxy) is 2. The van der Waals surface area contributed by atoms with Gasteiger partial charge < -0.3 is 14.6 Å². The van der Waals surface area contributed by atoms with Gasteiger partial charge >= 0.3 is 12.1 Å². The minimum Gasteiger partial charge on any atom is -0.490 e. The average Bonchev–Trinajstić information content (AvgIpc) is 3.33. The second kappa shape index (κ2) is 12.1. The van der Waals surface area contributed by atoms with Gasteiger partial charge in [-0.15, -0.1) is 0 Å². The lowest BCUT2D eigenvalue weighted by Gasteiger charge is -2.37. The van der Waals surface area contributed by atoms with Crippen molar-refractivity contribution in [3.8, 4) is 5.75 Å². The van der Waals surface area contributed by atoms with Crippen LogP contribution in [-0.4, -0.2) is 64.9 Å². The summed E-state index contributed by atoms with van der Waals surface area (Å²) in [6, 6.07) is 17.6. The van der Waals surface area contributed by atoms with Gasteiger partial charge in [-0.2, -0.15) is 0 Å². The summed E-state index contributed by atoms with van der Waals surface area (Å²) in [4.78, 5) is 29.4. The lowest BCUT2D eigenvalue weighted by atomic mass is 9.88. The fourth-order valence-corrected chi connectivity index (χ4v) is 5.34. The summed E-state index contributed by atoms with van der Waals surface area (Å²) in [5.41, 5.74) is 0.811. The van der Waals surface area contributed by atoms with E-state index in [0.717, 1.165) is 43.7 Å². The molecule has 0 spiro atoms. The molecule has 2 atom stereocenters. The van der Waals surface area contributed by atoms with E-state index in [1.807, 2.05) is 42.5 Å². The van der Waals surface area contributed by atoms with E-state index >= 15 is 0 Å². The maximum absolute atomic E-state index is 13.2. The van der Waals surface area contributed by atoms with E-state index < -0.39 is 17.6 Å². The highest BCUT2D eigenvalue weighted by molar-refractivity contribution is 5.85. The summed E-state index contributed by atoms with van der Waals surface area (Å²) < 4.78 is 11.4. The van der Waals surface area contributed by atoms with E-state index in [-0.39, 0.29) is 19.1 Å². The van der Waals surface area contributed by atoms with Crippen molar-refractivity contribution in [2.75, 3.05) is 26.3 Å². The van der Waals surface area contributed by atoms with Crippen LogP contribution in [0.2, 0.25) is 0 Å². The molecule has 2 unspecified atom stereocenters. The molecule has 4 rings (SSSR count). The number of carbonyl (C=O) groups is 2. The number of piperidine rings is 1. The molecule has 0 aromatic heterocycles. The molecular weight excluding hydrogens is 456 g/mol. The van der Waals surface area contributed by atoms with Crippen molar-refractivity contribution in [3.63, 3.8) is 0 Å². The van der Waals surface area contributed by atoms with Crippen molar-refractivity contribution in [2.24, 2.45) is 0 Å². The van der Waals surface area contributed by atoms with Gasteiger partial charge in [-0.3, -0.25) is 9.80 Å². The second-order valence-electron chi connectivity index (χ2n) is 9.69. The monoisotopic (exact) mass is 492 g/mol. The Balaban J connectivity index is 1.38. The highest BCUT2D eigenvalue weighted by atomic mass is 16.6. The van der Waals surface area contributed by atoms with Gasteiger partial charge in [0.15, 0.2) is 0 Å². The smallest absolute Gasteiger partial charge is 0.410 e. The zero-order chi connectivity index (χ0) is 25.4. The predicted octanol–water partition coefficient (Wildman–Crippen LogP) is 4.90. The van der Waals surface area contributed by atoms with Crippen LogP contribution in [0.1, 0.15) is 43.2 Å². The Hall–Kier alpha value is -3.32. The number of carboxylic acid groups (broad SMARTS) is 1. The Kier molecular flexibility index (Phi) is 8.65. The van der Waals surface area contributed by atoms with Crippen molar-refractivity contribution in [1.82, 2.24) is 9.80 Å². The Bertz CT molecular complexity index is 1030. The molecule has 7 heteroatoms. The number of rotatable bonds is 10. The van der Waals surface area contributed by atoms with Crippen LogP contribution in [0.3, 0.4) is 0 Å². The zero-order valence-corrected chi connectivity index (χ0v) is 20.8. The number of carboxylic acids is 1. The van der Waals surface area contributed by atoms with Crippen molar-refractivity contribution in [1.29, 1.82) is 0 Å². The molecule has 2 aliphatic heterocycles. The molecule has 2 aromatic carbocycles. The van der Waals surface area contributed by atoms with E-state index in [1.54, 1.807) is 6.08 Å². The van der Waals surface area contributed by atoms with Gasteiger partial charge in [0.05, 0.1) is 0 Å². The first-order chi connectivity index (χ1) is 17.5. The molecule has 1 N–H and O–H groups in total. The Morgan fingerprint density at radius 2 is 1.81 bits per heavy atom. The van der Waals surface area contributed by atoms with Gasteiger partial charge in [0, 0.05) is 25.6 Å². The fraction of sp³-hybridized carbons (Fsp3) is 0.448. The maximum Gasteiger partial charge on any atom is 0.410 e. The van der Waals surface area contributed by atoms with Gasteiger partial charge in [-0.1, -0.05) is 61.5 Å². The Morgan fingerprint density at radius 3 is 2.53 bits per heavy atom. The summed E-state index contributed by atoms with van der Waals surface area (Å²) in [6.07, 6.45) is 5.69.